The molecule has 0 bridgehead atoms. The molecule has 5 heteroatoms. The van der Waals surface area contributed by atoms with E-state index < -0.39 is 23.5 Å². The molecule has 0 spiro atoms. The molecule has 3 aliphatic rings. The summed E-state index contributed by atoms with van der Waals surface area (Å²) in [7, 11) is 0. The van der Waals surface area contributed by atoms with Crippen LogP contribution in [0.2, 0.25) is 0 Å². The average molecular weight is 407 g/mol. The Bertz CT molecular complexity index is 738. The fourth-order valence-electron chi connectivity index (χ4n) is 5.43. The number of carbonyl (C=O) groups excluding carboxylic acids is 1. The second kappa shape index (κ2) is 8.71. The Hall–Kier alpha value is -1.49. The smallest absolute Gasteiger partial charge is 0.313 e. The molecule has 2 saturated heterocycles. The van der Waals surface area contributed by atoms with Gasteiger partial charge in [-0.15, -0.1) is 0 Å². The maximum Gasteiger partial charge on any atom is 0.313 e. The molecule has 0 N–H and O–H groups in total. The summed E-state index contributed by atoms with van der Waals surface area (Å²) in [6.07, 6.45) is 8.26. The number of epoxide rings is 1. The number of hydrogen-bond donors (Lipinski definition) is 0. The molecule has 3 fully saturated rings. The third kappa shape index (κ3) is 4.35. The maximum absolute atomic E-state index is 14.6. The topological polar surface area (TPSA) is 38.8 Å². The summed E-state index contributed by atoms with van der Waals surface area (Å²) in [5.74, 6) is -1.20. The minimum absolute atomic E-state index is 0.112. The standard InChI is InChI=1S/C24H32F2O3/c1-3-4-15-5-7-16(8-6-15)14(2)20-12-11-18(24(27)29-20)17-9-10-19(21-13-28-21)23(26)22(17)25/h9-10,14-16,18,20-21H,3-8,11-13H2,1-2H3. The Morgan fingerprint density at radius 2 is 1.69 bits per heavy atom. The summed E-state index contributed by atoms with van der Waals surface area (Å²) < 4.78 is 39.8. The van der Waals surface area contributed by atoms with E-state index in [0.717, 1.165) is 5.92 Å². The second-order valence-electron chi connectivity index (χ2n) is 9.23. The molecule has 1 aromatic rings. The number of rotatable bonds is 6. The van der Waals surface area contributed by atoms with Gasteiger partial charge in [0.15, 0.2) is 11.6 Å². The van der Waals surface area contributed by atoms with Crippen molar-refractivity contribution in [2.75, 3.05) is 6.61 Å². The van der Waals surface area contributed by atoms with Crippen LogP contribution in [-0.2, 0) is 14.3 Å². The molecular weight excluding hydrogens is 374 g/mol. The van der Waals surface area contributed by atoms with Crippen molar-refractivity contribution in [3.8, 4) is 0 Å². The van der Waals surface area contributed by atoms with Crippen molar-refractivity contribution < 1.29 is 23.0 Å². The van der Waals surface area contributed by atoms with Crippen LogP contribution in [0.15, 0.2) is 12.1 Å². The van der Waals surface area contributed by atoms with E-state index in [1.54, 1.807) is 6.07 Å². The quantitative estimate of drug-likeness (QED) is 0.425. The van der Waals surface area contributed by atoms with Crippen molar-refractivity contribution >= 4 is 5.97 Å². The highest BCUT2D eigenvalue weighted by atomic mass is 19.2. The van der Waals surface area contributed by atoms with E-state index >= 15 is 0 Å². The molecule has 1 aromatic carbocycles. The first-order valence-corrected chi connectivity index (χ1v) is 11.3. The lowest BCUT2D eigenvalue weighted by atomic mass is 9.72. The number of halogens is 2. The van der Waals surface area contributed by atoms with Crippen LogP contribution < -0.4 is 0 Å². The largest absolute Gasteiger partial charge is 0.462 e. The molecule has 0 amide bonds. The first-order valence-electron chi connectivity index (χ1n) is 11.3. The second-order valence-corrected chi connectivity index (χ2v) is 9.23. The molecular formula is C24H32F2O3. The average Bonchev–Trinajstić information content (AvgIpc) is 3.56. The van der Waals surface area contributed by atoms with Crippen molar-refractivity contribution in [3.63, 3.8) is 0 Å². The predicted molar refractivity (Wildman–Crippen MR) is 106 cm³/mol. The third-order valence-electron chi connectivity index (χ3n) is 7.41. The SMILES string of the molecule is CCCC1CCC(C(C)C2CCC(c3ccc(C4CO4)c(F)c3F)C(=O)O2)CC1. The molecule has 1 aliphatic carbocycles. The van der Waals surface area contributed by atoms with Crippen LogP contribution in [-0.4, -0.2) is 18.7 Å². The van der Waals surface area contributed by atoms with Crippen LogP contribution in [0.25, 0.3) is 0 Å². The van der Waals surface area contributed by atoms with Gasteiger partial charge in [0.2, 0.25) is 0 Å². The molecule has 0 radical (unpaired) electrons. The van der Waals surface area contributed by atoms with Gasteiger partial charge in [0.05, 0.1) is 12.5 Å². The summed E-state index contributed by atoms with van der Waals surface area (Å²) in [6.45, 7) is 4.85. The summed E-state index contributed by atoms with van der Waals surface area (Å²) in [5, 5.41) is 0. The first-order chi connectivity index (χ1) is 14.0. The minimum atomic E-state index is -0.930. The van der Waals surface area contributed by atoms with Crippen LogP contribution in [0.4, 0.5) is 8.78 Å². The van der Waals surface area contributed by atoms with E-state index in [-0.39, 0.29) is 23.3 Å². The fraction of sp³-hybridized carbons (Fsp3) is 0.708. The molecule has 0 aromatic heterocycles. The zero-order valence-corrected chi connectivity index (χ0v) is 17.5. The Labute approximate surface area is 172 Å². The number of benzene rings is 1. The number of cyclic esters (lactones) is 1. The van der Waals surface area contributed by atoms with Gasteiger partial charge >= 0.3 is 5.97 Å². The van der Waals surface area contributed by atoms with Gasteiger partial charge in [-0.25, -0.2) is 8.78 Å². The van der Waals surface area contributed by atoms with Crippen LogP contribution in [0.1, 0.15) is 88.4 Å². The van der Waals surface area contributed by atoms with Gasteiger partial charge in [-0.05, 0) is 43.4 Å². The third-order valence-corrected chi connectivity index (χ3v) is 7.41. The lowest BCUT2D eigenvalue weighted by molar-refractivity contribution is -0.161. The molecule has 4 unspecified atom stereocenters. The van der Waals surface area contributed by atoms with E-state index in [0.29, 0.717) is 31.3 Å². The minimum Gasteiger partial charge on any atom is -0.462 e. The Morgan fingerprint density at radius 3 is 2.31 bits per heavy atom. The zero-order chi connectivity index (χ0) is 20.5. The predicted octanol–water partition coefficient (Wildman–Crippen LogP) is 6.07. The normalized spacial score (nSPS) is 33.2. The van der Waals surface area contributed by atoms with Crippen molar-refractivity contribution in [2.24, 2.45) is 17.8 Å². The molecule has 2 aliphatic heterocycles. The van der Waals surface area contributed by atoms with Gasteiger partial charge in [-0.1, -0.05) is 51.7 Å². The van der Waals surface area contributed by atoms with E-state index in [1.165, 1.54) is 44.6 Å². The summed E-state index contributed by atoms with van der Waals surface area (Å²) in [4.78, 5) is 12.7. The zero-order valence-electron chi connectivity index (χ0n) is 17.5. The molecule has 160 valence electrons. The van der Waals surface area contributed by atoms with Crippen LogP contribution >= 0.6 is 0 Å². The van der Waals surface area contributed by atoms with E-state index in [9.17, 15) is 13.6 Å². The highest BCUT2D eigenvalue weighted by Crippen LogP contribution is 2.42. The van der Waals surface area contributed by atoms with Crippen molar-refractivity contribution in [1.29, 1.82) is 0 Å². The van der Waals surface area contributed by atoms with E-state index in [2.05, 4.69) is 13.8 Å². The van der Waals surface area contributed by atoms with Crippen molar-refractivity contribution in [3.05, 3.63) is 34.9 Å². The summed E-state index contributed by atoms with van der Waals surface area (Å²) in [5.41, 5.74) is 0.351. The molecule has 4 rings (SSSR count). The van der Waals surface area contributed by atoms with E-state index in [4.69, 9.17) is 9.47 Å². The van der Waals surface area contributed by atoms with Gasteiger partial charge in [0.1, 0.15) is 12.2 Å². The van der Waals surface area contributed by atoms with Gasteiger partial charge in [-0.2, -0.15) is 0 Å². The van der Waals surface area contributed by atoms with Gasteiger partial charge < -0.3 is 9.47 Å². The van der Waals surface area contributed by atoms with Gasteiger partial charge in [-0.3, -0.25) is 4.79 Å². The number of carbonyl (C=O) groups is 1. The van der Waals surface area contributed by atoms with E-state index in [1.807, 2.05) is 0 Å². The van der Waals surface area contributed by atoms with Crippen LogP contribution in [0.5, 0.6) is 0 Å². The number of hydrogen-bond acceptors (Lipinski definition) is 3. The summed E-state index contributed by atoms with van der Waals surface area (Å²) >= 11 is 0. The first kappa shape index (κ1) is 20.8. The van der Waals surface area contributed by atoms with Crippen molar-refractivity contribution in [1.82, 2.24) is 0 Å². The van der Waals surface area contributed by atoms with Gasteiger partial charge in [0.25, 0.3) is 0 Å². The molecule has 29 heavy (non-hydrogen) atoms. The Morgan fingerprint density at radius 1 is 1.03 bits per heavy atom. The molecule has 4 atom stereocenters. The monoisotopic (exact) mass is 406 g/mol. The fourth-order valence-corrected chi connectivity index (χ4v) is 5.43. The molecule has 3 nitrogen and oxygen atoms in total. The van der Waals surface area contributed by atoms with Crippen LogP contribution in [0.3, 0.4) is 0 Å². The molecule has 1 saturated carbocycles. The van der Waals surface area contributed by atoms with Crippen molar-refractivity contribution in [2.45, 2.75) is 83.3 Å². The lowest BCUT2D eigenvalue weighted by Gasteiger charge is -2.38. The summed E-state index contributed by atoms with van der Waals surface area (Å²) in [6, 6.07) is 3.07. The maximum atomic E-state index is 14.6. The lowest BCUT2D eigenvalue weighted by Crippen LogP contribution is -2.38. The molecule has 2 heterocycles. The Kier molecular flexibility index (Phi) is 6.24. The number of ether oxygens (including phenoxy) is 2. The number of esters is 1. The Balaban J connectivity index is 1.37. The van der Waals surface area contributed by atoms with Crippen LogP contribution in [0, 0.1) is 29.4 Å². The highest BCUT2D eigenvalue weighted by Gasteiger charge is 2.39. The van der Waals surface area contributed by atoms with Gasteiger partial charge in [0, 0.05) is 11.1 Å². The highest BCUT2D eigenvalue weighted by molar-refractivity contribution is 5.79.